The first-order chi connectivity index (χ1) is 12.1. The molecule has 0 aliphatic carbocycles. The van der Waals surface area contributed by atoms with Crippen molar-refractivity contribution >= 4 is 34.7 Å². The highest BCUT2D eigenvalue weighted by molar-refractivity contribution is 6.33. The summed E-state index contributed by atoms with van der Waals surface area (Å²) in [6.07, 6.45) is 1.96. The number of halogens is 1. The quantitative estimate of drug-likeness (QED) is 0.682. The van der Waals surface area contributed by atoms with Crippen molar-refractivity contribution in [1.29, 1.82) is 0 Å². The van der Waals surface area contributed by atoms with Crippen molar-refractivity contribution < 1.29 is 4.79 Å². The van der Waals surface area contributed by atoms with E-state index in [9.17, 15) is 4.79 Å². The monoisotopic (exact) mass is 351 g/mol. The lowest BCUT2D eigenvalue weighted by atomic mass is 10.1. The first kappa shape index (κ1) is 17.0. The lowest BCUT2D eigenvalue weighted by molar-refractivity contribution is -0.115. The summed E-state index contributed by atoms with van der Waals surface area (Å²) in [6.45, 7) is 2.00. The van der Waals surface area contributed by atoms with E-state index in [1.807, 2.05) is 61.5 Å². The molecule has 0 aliphatic heterocycles. The third kappa shape index (κ3) is 4.58. The molecule has 0 atom stereocenters. The Morgan fingerprint density at radius 2 is 1.80 bits per heavy atom. The van der Waals surface area contributed by atoms with Gasteiger partial charge in [-0.1, -0.05) is 48.0 Å². The van der Waals surface area contributed by atoms with Gasteiger partial charge in [0, 0.05) is 0 Å². The van der Waals surface area contributed by atoms with Gasteiger partial charge in [0.2, 0.25) is 5.91 Å². The van der Waals surface area contributed by atoms with Crippen LogP contribution in [0.5, 0.6) is 0 Å². The SMILES string of the molecule is Cc1ccccc1CC(=O)Nc1ccc(Nc2ccccc2Cl)nc1. The van der Waals surface area contributed by atoms with Gasteiger partial charge in [-0.25, -0.2) is 4.98 Å². The molecular formula is C20H18ClN3O. The number of hydrogen-bond acceptors (Lipinski definition) is 3. The first-order valence-electron chi connectivity index (χ1n) is 7.94. The van der Waals surface area contributed by atoms with Crippen LogP contribution >= 0.6 is 11.6 Å². The van der Waals surface area contributed by atoms with E-state index in [0.717, 1.165) is 16.8 Å². The molecule has 0 saturated carbocycles. The molecule has 1 amide bonds. The predicted molar refractivity (Wildman–Crippen MR) is 102 cm³/mol. The number of para-hydroxylation sites is 1. The first-order valence-corrected chi connectivity index (χ1v) is 8.31. The maximum Gasteiger partial charge on any atom is 0.228 e. The number of carbonyl (C=O) groups is 1. The summed E-state index contributed by atoms with van der Waals surface area (Å²) < 4.78 is 0. The molecule has 3 aromatic rings. The number of amides is 1. The Bertz CT molecular complexity index is 878. The second kappa shape index (κ2) is 7.81. The average Bonchev–Trinajstić information content (AvgIpc) is 2.61. The van der Waals surface area contributed by atoms with Gasteiger partial charge in [-0.3, -0.25) is 4.79 Å². The molecule has 2 N–H and O–H groups in total. The Balaban J connectivity index is 1.62. The van der Waals surface area contributed by atoms with Crippen LogP contribution < -0.4 is 10.6 Å². The number of nitrogens with one attached hydrogen (secondary N) is 2. The fraction of sp³-hybridized carbons (Fsp3) is 0.100. The van der Waals surface area contributed by atoms with Crippen molar-refractivity contribution in [3.05, 3.63) is 83.0 Å². The van der Waals surface area contributed by atoms with Gasteiger partial charge in [-0.2, -0.15) is 0 Å². The molecule has 4 nitrogen and oxygen atoms in total. The largest absolute Gasteiger partial charge is 0.339 e. The third-order valence-corrected chi connectivity index (χ3v) is 4.13. The van der Waals surface area contributed by atoms with Gasteiger partial charge < -0.3 is 10.6 Å². The van der Waals surface area contributed by atoms with Gasteiger partial charge in [0.25, 0.3) is 0 Å². The van der Waals surface area contributed by atoms with E-state index in [0.29, 0.717) is 22.9 Å². The summed E-state index contributed by atoms with van der Waals surface area (Å²) in [6, 6.07) is 18.9. The molecule has 2 aromatic carbocycles. The van der Waals surface area contributed by atoms with Crippen molar-refractivity contribution in [2.75, 3.05) is 10.6 Å². The number of aromatic nitrogens is 1. The summed E-state index contributed by atoms with van der Waals surface area (Å²) in [7, 11) is 0. The van der Waals surface area contributed by atoms with Crippen LogP contribution in [0.3, 0.4) is 0 Å². The molecule has 0 unspecified atom stereocenters. The van der Waals surface area contributed by atoms with Crippen LogP contribution in [0.25, 0.3) is 0 Å². The minimum atomic E-state index is -0.0667. The summed E-state index contributed by atoms with van der Waals surface area (Å²) in [5.41, 5.74) is 3.57. The molecule has 25 heavy (non-hydrogen) atoms. The van der Waals surface area contributed by atoms with Crippen LogP contribution in [0.1, 0.15) is 11.1 Å². The van der Waals surface area contributed by atoms with Crippen molar-refractivity contribution in [3.63, 3.8) is 0 Å². The number of carbonyl (C=O) groups excluding carboxylic acids is 1. The predicted octanol–water partition coefficient (Wildman–Crippen LogP) is 4.97. The van der Waals surface area contributed by atoms with Gasteiger partial charge in [-0.05, 0) is 42.3 Å². The number of benzene rings is 2. The fourth-order valence-electron chi connectivity index (χ4n) is 2.43. The van der Waals surface area contributed by atoms with Gasteiger partial charge >= 0.3 is 0 Å². The lowest BCUT2D eigenvalue weighted by Gasteiger charge is -2.09. The van der Waals surface area contributed by atoms with Crippen LogP contribution in [-0.4, -0.2) is 10.9 Å². The number of anilines is 3. The second-order valence-electron chi connectivity index (χ2n) is 5.69. The summed E-state index contributed by atoms with van der Waals surface area (Å²) in [5, 5.41) is 6.63. The second-order valence-corrected chi connectivity index (χ2v) is 6.10. The zero-order chi connectivity index (χ0) is 17.6. The van der Waals surface area contributed by atoms with Crippen LogP contribution in [-0.2, 0) is 11.2 Å². The number of pyridine rings is 1. The minimum Gasteiger partial charge on any atom is -0.339 e. The smallest absolute Gasteiger partial charge is 0.228 e. The highest BCUT2D eigenvalue weighted by Gasteiger charge is 2.07. The van der Waals surface area contributed by atoms with E-state index in [-0.39, 0.29) is 5.91 Å². The molecule has 126 valence electrons. The van der Waals surface area contributed by atoms with Gasteiger partial charge in [-0.15, -0.1) is 0 Å². The summed E-state index contributed by atoms with van der Waals surface area (Å²) in [5.74, 6) is 0.591. The zero-order valence-electron chi connectivity index (χ0n) is 13.8. The zero-order valence-corrected chi connectivity index (χ0v) is 14.5. The Morgan fingerprint density at radius 1 is 1.04 bits per heavy atom. The maximum atomic E-state index is 12.2. The molecular weight excluding hydrogens is 334 g/mol. The molecule has 0 bridgehead atoms. The highest BCUT2D eigenvalue weighted by Crippen LogP contribution is 2.24. The number of hydrogen-bond donors (Lipinski definition) is 2. The molecule has 0 fully saturated rings. The Morgan fingerprint density at radius 3 is 2.52 bits per heavy atom. The summed E-state index contributed by atoms with van der Waals surface area (Å²) >= 11 is 6.12. The molecule has 5 heteroatoms. The van der Waals surface area contributed by atoms with Crippen LogP contribution in [0.2, 0.25) is 5.02 Å². The minimum absolute atomic E-state index is 0.0667. The van der Waals surface area contributed by atoms with Crippen molar-refractivity contribution in [2.24, 2.45) is 0 Å². The topological polar surface area (TPSA) is 54.0 Å². The van der Waals surface area contributed by atoms with Crippen LogP contribution in [0.4, 0.5) is 17.2 Å². The van der Waals surface area contributed by atoms with Gasteiger partial charge in [0.1, 0.15) is 5.82 Å². The molecule has 0 spiro atoms. The Labute approximate surface area is 151 Å². The number of aryl methyl sites for hydroxylation is 1. The van der Waals surface area contributed by atoms with Gasteiger partial charge in [0.05, 0.1) is 29.0 Å². The summed E-state index contributed by atoms with van der Waals surface area (Å²) in [4.78, 5) is 16.5. The lowest BCUT2D eigenvalue weighted by Crippen LogP contribution is -2.15. The third-order valence-electron chi connectivity index (χ3n) is 3.80. The van der Waals surface area contributed by atoms with Crippen molar-refractivity contribution in [2.45, 2.75) is 13.3 Å². The fourth-order valence-corrected chi connectivity index (χ4v) is 2.61. The molecule has 3 rings (SSSR count). The van der Waals surface area contributed by atoms with E-state index in [2.05, 4.69) is 15.6 Å². The number of rotatable bonds is 5. The van der Waals surface area contributed by atoms with E-state index in [4.69, 9.17) is 11.6 Å². The number of nitrogens with zero attached hydrogens (tertiary/aromatic N) is 1. The van der Waals surface area contributed by atoms with E-state index in [1.54, 1.807) is 12.3 Å². The van der Waals surface area contributed by atoms with E-state index < -0.39 is 0 Å². The van der Waals surface area contributed by atoms with E-state index in [1.165, 1.54) is 0 Å². The van der Waals surface area contributed by atoms with Crippen molar-refractivity contribution in [3.8, 4) is 0 Å². The van der Waals surface area contributed by atoms with Crippen LogP contribution in [0.15, 0.2) is 66.9 Å². The Hall–Kier alpha value is -2.85. The van der Waals surface area contributed by atoms with Crippen LogP contribution in [0, 0.1) is 6.92 Å². The van der Waals surface area contributed by atoms with E-state index >= 15 is 0 Å². The molecule has 0 aliphatic rings. The Kier molecular flexibility index (Phi) is 5.31. The average molecular weight is 352 g/mol. The molecule has 1 aromatic heterocycles. The maximum absolute atomic E-state index is 12.2. The molecule has 1 heterocycles. The van der Waals surface area contributed by atoms with Crippen molar-refractivity contribution in [1.82, 2.24) is 4.98 Å². The molecule has 0 saturated heterocycles. The van der Waals surface area contributed by atoms with Gasteiger partial charge in [0.15, 0.2) is 0 Å². The highest BCUT2D eigenvalue weighted by atomic mass is 35.5. The standard InChI is InChI=1S/C20H18ClN3O/c1-14-6-2-3-7-15(14)12-20(25)23-16-10-11-19(22-13-16)24-18-9-5-4-8-17(18)21/h2-11,13H,12H2,1H3,(H,22,24)(H,23,25). The normalized spacial score (nSPS) is 10.3. The molecule has 0 radical (unpaired) electrons.